The molecule has 0 radical (unpaired) electrons. The first-order valence-electron chi connectivity index (χ1n) is 7.88. The molecule has 0 saturated carbocycles. The van der Waals surface area contributed by atoms with Crippen molar-refractivity contribution in [3.8, 4) is 11.1 Å². The van der Waals surface area contributed by atoms with Crippen LogP contribution >= 0.6 is 0 Å². The number of fused-ring (bicyclic) bond motifs is 3. The van der Waals surface area contributed by atoms with Gasteiger partial charge in [0.2, 0.25) is 5.91 Å². The lowest BCUT2D eigenvalue weighted by Crippen LogP contribution is -2.44. The molecule has 1 atom stereocenters. The molecule has 1 amide bonds. The number of ether oxygens (including phenoxy) is 1. The molecule has 0 N–H and O–H groups in total. The highest BCUT2D eigenvalue weighted by atomic mass is 16.5. The normalized spacial score (nSPS) is 20.2. The molecule has 2 aromatic rings. The predicted molar refractivity (Wildman–Crippen MR) is 85.7 cm³/mol. The van der Waals surface area contributed by atoms with Crippen LogP contribution in [0.5, 0.6) is 0 Å². The van der Waals surface area contributed by atoms with E-state index >= 15 is 0 Å². The van der Waals surface area contributed by atoms with Crippen molar-refractivity contribution in [2.75, 3.05) is 26.3 Å². The number of nitrogens with zero attached hydrogens (tertiary/aromatic N) is 1. The zero-order chi connectivity index (χ0) is 14.9. The van der Waals surface area contributed by atoms with Crippen molar-refractivity contribution in [1.82, 2.24) is 4.90 Å². The van der Waals surface area contributed by atoms with Crippen LogP contribution in [0.15, 0.2) is 48.5 Å². The molecule has 112 valence electrons. The number of hydrogen-bond donors (Lipinski definition) is 0. The Kier molecular flexibility index (Phi) is 3.43. The van der Waals surface area contributed by atoms with Gasteiger partial charge in [-0.2, -0.15) is 0 Å². The zero-order valence-corrected chi connectivity index (χ0v) is 12.5. The Labute approximate surface area is 130 Å². The quantitative estimate of drug-likeness (QED) is 0.809. The standard InChI is InChI=1S/C19H19NO2/c21-19(20-9-11-22-12-10-20)18-13-14-5-1-2-6-15(14)16-7-3-4-8-17(16)18/h1-8,18H,9-13H2. The summed E-state index contributed by atoms with van der Waals surface area (Å²) in [5.74, 6) is 0.175. The summed E-state index contributed by atoms with van der Waals surface area (Å²) in [5, 5.41) is 0. The summed E-state index contributed by atoms with van der Waals surface area (Å²) in [4.78, 5) is 15.0. The molecule has 1 unspecified atom stereocenters. The highest BCUT2D eigenvalue weighted by molar-refractivity contribution is 5.89. The lowest BCUT2D eigenvalue weighted by molar-refractivity contribution is -0.136. The molecule has 2 aliphatic rings. The van der Waals surface area contributed by atoms with Crippen molar-refractivity contribution in [2.45, 2.75) is 12.3 Å². The summed E-state index contributed by atoms with van der Waals surface area (Å²) in [7, 11) is 0. The van der Waals surface area contributed by atoms with E-state index in [-0.39, 0.29) is 11.8 Å². The Morgan fingerprint density at radius 3 is 2.45 bits per heavy atom. The molecule has 3 heteroatoms. The van der Waals surface area contributed by atoms with Gasteiger partial charge in [-0.1, -0.05) is 48.5 Å². The zero-order valence-electron chi connectivity index (χ0n) is 12.5. The van der Waals surface area contributed by atoms with Gasteiger partial charge in [0.15, 0.2) is 0 Å². The topological polar surface area (TPSA) is 29.5 Å². The number of carbonyl (C=O) groups excluding carboxylic acids is 1. The molecule has 4 rings (SSSR count). The molecule has 1 heterocycles. The van der Waals surface area contributed by atoms with Crippen LogP contribution < -0.4 is 0 Å². The molecule has 2 aromatic carbocycles. The minimum Gasteiger partial charge on any atom is -0.378 e. The predicted octanol–water partition coefficient (Wildman–Crippen LogP) is 2.85. The molecule has 1 aliphatic heterocycles. The summed E-state index contributed by atoms with van der Waals surface area (Å²) in [6.07, 6.45) is 0.795. The molecule has 0 bridgehead atoms. The van der Waals surface area contributed by atoms with E-state index in [1.807, 2.05) is 11.0 Å². The van der Waals surface area contributed by atoms with Crippen LogP contribution in [-0.2, 0) is 16.0 Å². The minimum atomic E-state index is -0.0656. The van der Waals surface area contributed by atoms with E-state index in [9.17, 15) is 4.79 Å². The first-order valence-corrected chi connectivity index (χ1v) is 7.88. The fraction of sp³-hybridized carbons (Fsp3) is 0.316. The smallest absolute Gasteiger partial charge is 0.230 e. The maximum absolute atomic E-state index is 13.0. The van der Waals surface area contributed by atoms with Crippen molar-refractivity contribution in [1.29, 1.82) is 0 Å². The third-order valence-electron chi connectivity index (χ3n) is 4.69. The van der Waals surface area contributed by atoms with E-state index < -0.39 is 0 Å². The Morgan fingerprint density at radius 2 is 1.64 bits per heavy atom. The first-order chi connectivity index (χ1) is 10.8. The number of morpholine rings is 1. The van der Waals surface area contributed by atoms with E-state index in [1.165, 1.54) is 16.7 Å². The number of hydrogen-bond acceptors (Lipinski definition) is 2. The lowest BCUT2D eigenvalue weighted by atomic mass is 9.78. The van der Waals surface area contributed by atoms with Gasteiger partial charge in [0.05, 0.1) is 19.1 Å². The molecule has 0 spiro atoms. The summed E-state index contributed by atoms with van der Waals surface area (Å²) in [5.41, 5.74) is 4.91. The van der Waals surface area contributed by atoms with Crippen LogP contribution in [0.4, 0.5) is 0 Å². The third-order valence-corrected chi connectivity index (χ3v) is 4.69. The Hall–Kier alpha value is -2.13. The Morgan fingerprint density at radius 1 is 0.955 bits per heavy atom. The van der Waals surface area contributed by atoms with Gasteiger partial charge in [0.25, 0.3) is 0 Å². The fourth-order valence-corrected chi connectivity index (χ4v) is 3.56. The average Bonchev–Trinajstić information content (AvgIpc) is 2.61. The first kappa shape index (κ1) is 13.5. The Balaban J connectivity index is 1.74. The van der Waals surface area contributed by atoms with Gasteiger partial charge < -0.3 is 9.64 Å². The van der Waals surface area contributed by atoms with Crippen LogP contribution in [0.1, 0.15) is 17.0 Å². The largest absolute Gasteiger partial charge is 0.378 e. The van der Waals surface area contributed by atoms with Gasteiger partial charge >= 0.3 is 0 Å². The van der Waals surface area contributed by atoms with Crippen molar-refractivity contribution >= 4 is 5.91 Å². The lowest BCUT2D eigenvalue weighted by Gasteiger charge is -2.33. The van der Waals surface area contributed by atoms with Gasteiger partial charge in [0.1, 0.15) is 0 Å². The van der Waals surface area contributed by atoms with E-state index in [2.05, 4.69) is 42.5 Å². The second-order valence-corrected chi connectivity index (χ2v) is 5.94. The summed E-state index contributed by atoms with van der Waals surface area (Å²) >= 11 is 0. The Bertz CT molecular complexity index is 704. The fourth-order valence-electron chi connectivity index (χ4n) is 3.56. The van der Waals surface area contributed by atoms with E-state index in [1.54, 1.807) is 0 Å². The number of rotatable bonds is 1. The summed E-state index contributed by atoms with van der Waals surface area (Å²) in [6.45, 7) is 2.71. The van der Waals surface area contributed by atoms with Crippen LogP contribution in [0, 0.1) is 0 Å². The molecular weight excluding hydrogens is 274 g/mol. The highest BCUT2D eigenvalue weighted by Crippen LogP contribution is 2.40. The van der Waals surface area contributed by atoms with E-state index in [0.29, 0.717) is 26.3 Å². The van der Waals surface area contributed by atoms with Crippen molar-refractivity contribution in [3.05, 3.63) is 59.7 Å². The molecule has 1 fully saturated rings. The van der Waals surface area contributed by atoms with Crippen LogP contribution in [0.2, 0.25) is 0 Å². The number of benzene rings is 2. The molecule has 1 saturated heterocycles. The van der Waals surface area contributed by atoms with Gasteiger partial charge in [-0.25, -0.2) is 0 Å². The van der Waals surface area contributed by atoms with Gasteiger partial charge in [-0.15, -0.1) is 0 Å². The molecule has 0 aromatic heterocycles. The van der Waals surface area contributed by atoms with Gasteiger partial charge in [-0.05, 0) is 28.7 Å². The van der Waals surface area contributed by atoms with E-state index in [4.69, 9.17) is 4.74 Å². The van der Waals surface area contributed by atoms with Crippen molar-refractivity contribution in [2.24, 2.45) is 0 Å². The maximum Gasteiger partial charge on any atom is 0.230 e. The maximum atomic E-state index is 13.0. The highest BCUT2D eigenvalue weighted by Gasteiger charge is 2.32. The van der Waals surface area contributed by atoms with Gasteiger partial charge in [-0.3, -0.25) is 4.79 Å². The van der Waals surface area contributed by atoms with Crippen molar-refractivity contribution < 1.29 is 9.53 Å². The molecule has 1 aliphatic carbocycles. The average molecular weight is 293 g/mol. The summed E-state index contributed by atoms with van der Waals surface area (Å²) < 4.78 is 5.37. The van der Waals surface area contributed by atoms with Crippen LogP contribution in [-0.4, -0.2) is 37.1 Å². The molecule has 22 heavy (non-hydrogen) atoms. The SMILES string of the molecule is O=C(C1Cc2ccccc2-c2ccccc21)N1CCOCC1. The summed E-state index contributed by atoms with van der Waals surface area (Å²) in [6, 6.07) is 16.8. The van der Waals surface area contributed by atoms with Crippen molar-refractivity contribution in [3.63, 3.8) is 0 Å². The second-order valence-electron chi connectivity index (χ2n) is 5.94. The second kappa shape index (κ2) is 5.58. The van der Waals surface area contributed by atoms with Gasteiger partial charge in [0, 0.05) is 13.1 Å². The van der Waals surface area contributed by atoms with Crippen LogP contribution in [0.25, 0.3) is 11.1 Å². The number of carbonyl (C=O) groups is 1. The number of amides is 1. The van der Waals surface area contributed by atoms with Crippen LogP contribution in [0.3, 0.4) is 0 Å². The molecular formula is C19H19NO2. The monoisotopic (exact) mass is 293 g/mol. The minimum absolute atomic E-state index is 0.0656. The molecule has 3 nitrogen and oxygen atoms in total. The van der Waals surface area contributed by atoms with E-state index in [0.717, 1.165) is 12.0 Å². The third kappa shape index (κ3) is 2.22.